The number of carboxylic acid groups (broad SMARTS) is 1. The van der Waals surface area contributed by atoms with Crippen LogP contribution in [0.15, 0.2) is 12.2 Å². The summed E-state index contributed by atoms with van der Waals surface area (Å²) >= 11 is 0. The highest BCUT2D eigenvalue weighted by Gasteiger charge is 2.25. The van der Waals surface area contributed by atoms with Gasteiger partial charge in [0.25, 0.3) is 0 Å². The van der Waals surface area contributed by atoms with Crippen LogP contribution in [-0.4, -0.2) is 75.5 Å². The molecule has 0 aliphatic carbocycles. The Balaban J connectivity index is 4.28. The minimum atomic E-state index is -1.12. The number of quaternary nitrogens is 1. The fourth-order valence-electron chi connectivity index (χ4n) is 6.83. The highest BCUT2D eigenvalue weighted by atomic mass is 16.6. The van der Waals surface area contributed by atoms with Gasteiger partial charge in [-0.1, -0.05) is 167 Å². The summed E-state index contributed by atoms with van der Waals surface area (Å²) in [7, 11) is 5.41. The van der Waals surface area contributed by atoms with Gasteiger partial charge < -0.3 is 28.6 Å². The van der Waals surface area contributed by atoms with Crippen molar-refractivity contribution in [2.45, 2.75) is 225 Å². The molecule has 2 atom stereocenters. The van der Waals surface area contributed by atoms with Crippen LogP contribution < -0.4 is 5.11 Å². The molecule has 0 aromatic heterocycles. The first-order valence-corrected chi connectivity index (χ1v) is 22.7. The molecule has 318 valence electrons. The van der Waals surface area contributed by atoms with E-state index in [1.165, 1.54) is 128 Å². The third kappa shape index (κ3) is 35.8. The average Bonchev–Trinajstić information content (AvgIpc) is 3.12. The highest BCUT2D eigenvalue weighted by molar-refractivity contribution is 5.70. The highest BCUT2D eigenvalue weighted by Crippen LogP contribution is 2.15. The van der Waals surface area contributed by atoms with Crippen molar-refractivity contribution in [2.24, 2.45) is 0 Å². The third-order valence-corrected chi connectivity index (χ3v) is 10.4. The molecule has 0 aromatic rings. The second kappa shape index (κ2) is 38.0. The van der Waals surface area contributed by atoms with Crippen molar-refractivity contribution in [3.8, 4) is 0 Å². The fourth-order valence-corrected chi connectivity index (χ4v) is 6.83. The smallest absolute Gasteiger partial charge is 0.306 e. The number of hydrogen-bond acceptors (Lipinski definition) is 7. The molecule has 0 aliphatic heterocycles. The van der Waals surface area contributed by atoms with Crippen LogP contribution in [-0.2, 0) is 28.6 Å². The Morgan fingerprint density at radius 3 is 1.35 bits per heavy atom. The van der Waals surface area contributed by atoms with Crippen molar-refractivity contribution in [3.05, 3.63) is 12.2 Å². The van der Waals surface area contributed by atoms with Crippen LogP contribution in [0.4, 0.5) is 0 Å². The molecule has 0 saturated heterocycles. The zero-order valence-electron chi connectivity index (χ0n) is 36.2. The van der Waals surface area contributed by atoms with Crippen LogP contribution in [0.25, 0.3) is 0 Å². The van der Waals surface area contributed by atoms with Gasteiger partial charge in [-0.25, -0.2) is 0 Å². The maximum atomic E-state index is 12.7. The molecule has 0 N–H and O–H groups in total. The maximum Gasteiger partial charge on any atom is 0.306 e. The Morgan fingerprint density at radius 2 is 0.926 bits per heavy atom. The van der Waals surface area contributed by atoms with E-state index < -0.39 is 18.1 Å². The zero-order valence-corrected chi connectivity index (χ0v) is 36.2. The van der Waals surface area contributed by atoms with Crippen molar-refractivity contribution in [1.82, 2.24) is 0 Å². The van der Waals surface area contributed by atoms with E-state index in [4.69, 9.17) is 14.2 Å². The van der Waals surface area contributed by atoms with E-state index in [1.807, 2.05) is 0 Å². The number of carboxylic acids is 1. The van der Waals surface area contributed by atoms with E-state index >= 15 is 0 Å². The first-order valence-electron chi connectivity index (χ1n) is 22.7. The quantitative estimate of drug-likeness (QED) is 0.0264. The third-order valence-electron chi connectivity index (χ3n) is 10.4. The Morgan fingerprint density at radius 1 is 0.537 bits per heavy atom. The molecule has 0 aliphatic rings. The second-order valence-corrected chi connectivity index (χ2v) is 16.6. The van der Waals surface area contributed by atoms with Gasteiger partial charge in [0.1, 0.15) is 12.6 Å². The van der Waals surface area contributed by atoms with E-state index in [0.717, 1.165) is 51.4 Å². The van der Waals surface area contributed by atoms with E-state index in [2.05, 4.69) is 26.0 Å². The lowest BCUT2D eigenvalue weighted by Gasteiger charge is -2.34. The van der Waals surface area contributed by atoms with Gasteiger partial charge in [-0.2, -0.15) is 0 Å². The second-order valence-electron chi connectivity index (χ2n) is 16.6. The molecule has 0 rings (SSSR count). The van der Waals surface area contributed by atoms with Gasteiger partial charge in [0.2, 0.25) is 0 Å². The van der Waals surface area contributed by atoms with Gasteiger partial charge in [-0.05, 0) is 38.5 Å². The number of esters is 2. The van der Waals surface area contributed by atoms with Gasteiger partial charge in [-0.15, -0.1) is 0 Å². The molecule has 2 unspecified atom stereocenters. The Bertz CT molecular complexity index is 900. The molecule has 0 radical (unpaired) electrons. The normalized spacial score (nSPS) is 13.0. The van der Waals surface area contributed by atoms with E-state index in [-0.39, 0.29) is 42.7 Å². The Labute approximate surface area is 333 Å². The first-order chi connectivity index (χ1) is 26.1. The molecule has 8 nitrogen and oxygen atoms in total. The summed E-state index contributed by atoms with van der Waals surface area (Å²) in [6.45, 7) is 4.66. The monoisotopic (exact) mass is 766 g/mol. The fraction of sp³-hybridized carbons (Fsp3) is 0.891. The van der Waals surface area contributed by atoms with Crippen molar-refractivity contribution in [2.75, 3.05) is 41.0 Å². The van der Waals surface area contributed by atoms with Gasteiger partial charge in [0, 0.05) is 19.3 Å². The van der Waals surface area contributed by atoms with E-state index in [9.17, 15) is 19.5 Å². The standard InChI is InChI=1S/C46H87NO7/c1-6-8-10-12-14-16-18-20-21-22-23-25-26-28-30-32-34-36-44(48)53-41-42(40-52-39-38-43(46(50)51)47(3,4)5)54-45(49)37-35-33-31-29-27-24-19-17-15-13-11-9-7-2/h17,19,42-43H,6-16,18,20-41H2,1-5H3/b19-17-. The number of aliphatic carboxylic acids is 1. The van der Waals surface area contributed by atoms with Gasteiger partial charge in [0.15, 0.2) is 6.10 Å². The summed E-state index contributed by atoms with van der Waals surface area (Å²) in [4.78, 5) is 36.8. The van der Waals surface area contributed by atoms with Crippen molar-refractivity contribution in [3.63, 3.8) is 0 Å². The van der Waals surface area contributed by atoms with Crippen LogP contribution in [0, 0.1) is 0 Å². The minimum Gasteiger partial charge on any atom is -0.544 e. The molecule has 0 bridgehead atoms. The van der Waals surface area contributed by atoms with Crippen LogP contribution in [0.5, 0.6) is 0 Å². The molecule has 54 heavy (non-hydrogen) atoms. The number of likely N-dealkylation sites (N-methyl/N-ethyl adjacent to an activating group) is 1. The largest absolute Gasteiger partial charge is 0.544 e. The van der Waals surface area contributed by atoms with Crippen LogP contribution in [0.1, 0.15) is 213 Å². The summed E-state index contributed by atoms with van der Waals surface area (Å²) in [6, 6.07) is -0.722. The molecular weight excluding hydrogens is 679 g/mol. The van der Waals surface area contributed by atoms with Crippen molar-refractivity contribution in [1.29, 1.82) is 0 Å². The summed E-state index contributed by atoms with van der Waals surface area (Å²) in [6.07, 6.45) is 39.4. The van der Waals surface area contributed by atoms with Crippen molar-refractivity contribution >= 4 is 17.9 Å². The topological polar surface area (TPSA) is 102 Å². The molecule has 0 amide bonds. The van der Waals surface area contributed by atoms with Gasteiger partial charge >= 0.3 is 11.9 Å². The van der Waals surface area contributed by atoms with Crippen LogP contribution in [0.2, 0.25) is 0 Å². The van der Waals surface area contributed by atoms with Gasteiger partial charge in [0.05, 0.1) is 40.3 Å². The number of hydrogen-bond donors (Lipinski definition) is 0. The summed E-state index contributed by atoms with van der Waals surface area (Å²) in [5, 5.41) is 11.6. The lowest BCUT2D eigenvalue weighted by atomic mass is 10.0. The Kier molecular flexibility index (Phi) is 36.6. The number of carbonyl (C=O) groups is 3. The first kappa shape index (κ1) is 52.1. The summed E-state index contributed by atoms with van der Waals surface area (Å²) < 4.78 is 17.2. The molecule has 0 aromatic carbocycles. The number of nitrogens with zero attached hydrogens (tertiary/aromatic N) is 1. The minimum absolute atomic E-state index is 0.0428. The number of rotatable bonds is 41. The van der Waals surface area contributed by atoms with E-state index in [0.29, 0.717) is 12.8 Å². The molecule has 0 saturated carbocycles. The van der Waals surface area contributed by atoms with Crippen LogP contribution >= 0.6 is 0 Å². The summed E-state index contributed by atoms with van der Waals surface area (Å²) in [5.74, 6) is -1.73. The Hall–Kier alpha value is -1.93. The van der Waals surface area contributed by atoms with Gasteiger partial charge in [-0.3, -0.25) is 9.59 Å². The number of carbonyl (C=O) groups excluding carboxylic acids is 3. The average molecular weight is 766 g/mol. The lowest BCUT2D eigenvalue weighted by Crippen LogP contribution is -2.55. The lowest BCUT2D eigenvalue weighted by molar-refractivity contribution is -0.889. The molecule has 0 spiro atoms. The maximum absolute atomic E-state index is 12.7. The number of unbranched alkanes of at least 4 members (excludes halogenated alkanes) is 25. The molecule has 0 heterocycles. The molecular formula is C46H87NO7. The number of allylic oxidation sites excluding steroid dienone is 2. The predicted molar refractivity (Wildman–Crippen MR) is 222 cm³/mol. The SMILES string of the molecule is CCCCCC/C=C\CCCCCCCC(=O)OC(COCCC(C(=O)[O-])[N+](C)(C)C)COC(=O)CCCCCCCCCCCCCCCCCCC. The van der Waals surface area contributed by atoms with Crippen molar-refractivity contribution < 1.29 is 38.2 Å². The molecule has 0 fully saturated rings. The zero-order chi connectivity index (χ0) is 40.0. The summed E-state index contributed by atoms with van der Waals surface area (Å²) in [5.41, 5.74) is 0. The van der Waals surface area contributed by atoms with E-state index in [1.54, 1.807) is 21.1 Å². The predicted octanol–water partition coefficient (Wildman–Crippen LogP) is 11.0. The van der Waals surface area contributed by atoms with Crippen LogP contribution in [0.3, 0.4) is 0 Å². The molecule has 8 heteroatoms. The number of ether oxygens (including phenoxy) is 3.